The van der Waals surface area contributed by atoms with Crippen molar-refractivity contribution in [3.05, 3.63) is 0 Å². The summed E-state index contributed by atoms with van der Waals surface area (Å²) in [5.74, 6) is -7.35. The van der Waals surface area contributed by atoms with E-state index in [1.165, 1.54) is 0 Å². The SMILES string of the molecule is O=C(O)CC(=O)N[C@H]1C([C@H](O)[C@H](O)CO)OC(O)(C(=O)O)C[C@@H]1O. The second-order valence-corrected chi connectivity index (χ2v) is 5.35. The van der Waals surface area contributed by atoms with Crippen molar-refractivity contribution in [2.45, 2.75) is 49.1 Å². The Labute approximate surface area is 134 Å². The van der Waals surface area contributed by atoms with Crippen LogP contribution in [0.3, 0.4) is 0 Å². The van der Waals surface area contributed by atoms with Crippen molar-refractivity contribution in [2.75, 3.05) is 6.61 Å². The molecule has 2 unspecified atom stereocenters. The smallest absolute Gasteiger partial charge is 0.364 e. The van der Waals surface area contributed by atoms with Gasteiger partial charge in [0.2, 0.25) is 5.91 Å². The molecule has 0 aromatic rings. The van der Waals surface area contributed by atoms with E-state index in [1.54, 1.807) is 0 Å². The molecule has 1 fully saturated rings. The molecule has 0 spiro atoms. The Balaban J connectivity index is 3.06. The van der Waals surface area contributed by atoms with Crippen LogP contribution in [0.15, 0.2) is 0 Å². The number of aliphatic hydroxyl groups excluding tert-OH is 4. The quantitative estimate of drug-likeness (QED) is 0.204. The fourth-order valence-corrected chi connectivity index (χ4v) is 2.28. The zero-order valence-electron chi connectivity index (χ0n) is 12.3. The fraction of sp³-hybridized carbons (Fsp3) is 0.750. The summed E-state index contributed by atoms with van der Waals surface area (Å²) in [7, 11) is 0. The predicted molar refractivity (Wildman–Crippen MR) is 71.4 cm³/mol. The van der Waals surface area contributed by atoms with Gasteiger partial charge in [-0.15, -0.1) is 0 Å². The number of ether oxygens (including phenoxy) is 1. The lowest BCUT2D eigenvalue weighted by atomic mass is 9.88. The number of aliphatic carboxylic acids is 2. The Morgan fingerprint density at radius 3 is 2.29 bits per heavy atom. The summed E-state index contributed by atoms with van der Waals surface area (Å²) in [6.07, 6.45) is -9.28. The van der Waals surface area contributed by atoms with Crippen molar-refractivity contribution >= 4 is 17.8 Å². The molecule has 1 amide bonds. The molecule has 1 rings (SSSR count). The van der Waals surface area contributed by atoms with Gasteiger partial charge in [0.15, 0.2) is 0 Å². The van der Waals surface area contributed by atoms with E-state index in [-0.39, 0.29) is 0 Å². The standard InChI is InChI=1S/C12H19NO11/c14-3-5(16)9(20)10-8(13-6(17)1-7(18)19)4(15)2-12(23,24-10)11(21)22/h4-5,8-10,14-16,20,23H,1-3H2,(H,13,17)(H,18,19)(H,21,22)/t4-,5+,8+,9+,10?,12?/m0/s1. The van der Waals surface area contributed by atoms with Gasteiger partial charge in [-0.1, -0.05) is 0 Å². The van der Waals surface area contributed by atoms with Gasteiger partial charge in [0.05, 0.1) is 18.8 Å². The molecule has 0 radical (unpaired) electrons. The average Bonchev–Trinajstić information content (AvgIpc) is 2.47. The highest BCUT2D eigenvalue weighted by molar-refractivity contribution is 5.93. The number of amides is 1. The molecule has 24 heavy (non-hydrogen) atoms. The summed E-state index contributed by atoms with van der Waals surface area (Å²) >= 11 is 0. The van der Waals surface area contributed by atoms with Crippen LogP contribution in [0.5, 0.6) is 0 Å². The summed E-state index contributed by atoms with van der Waals surface area (Å²) < 4.78 is 4.82. The first-order valence-electron chi connectivity index (χ1n) is 6.81. The number of carbonyl (C=O) groups is 3. The molecule has 0 aliphatic carbocycles. The summed E-state index contributed by atoms with van der Waals surface area (Å²) in [6, 6.07) is -1.53. The molecule has 0 aromatic heterocycles. The van der Waals surface area contributed by atoms with Gasteiger partial charge in [0.1, 0.15) is 24.7 Å². The van der Waals surface area contributed by atoms with Crippen LogP contribution in [0.1, 0.15) is 12.8 Å². The molecule has 0 saturated carbocycles. The minimum absolute atomic E-state index is 0.890. The van der Waals surface area contributed by atoms with Crippen LogP contribution in [0.4, 0.5) is 0 Å². The molecule has 1 heterocycles. The Morgan fingerprint density at radius 1 is 1.25 bits per heavy atom. The van der Waals surface area contributed by atoms with E-state index in [2.05, 4.69) is 0 Å². The third kappa shape index (κ3) is 4.59. The van der Waals surface area contributed by atoms with E-state index in [9.17, 15) is 34.8 Å². The first kappa shape index (κ1) is 20.2. The molecule has 1 aliphatic rings. The number of aliphatic hydroxyl groups is 5. The van der Waals surface area contributed by atoms with Gasteiger partial charge in [-0.05, 0) is 0 Å². The highest BCUT2D eigenvalue weighted by atomic mass is 16.7. The molecule has 1 aliphatic heterocycles. The van der Waals surface area contributed by atoms with Crippen molar-refractivity contribution in [1.29, 1.82) is 0 Å². The van der Waals surface area contributed by atoms with Gasteiger partial charge >= 0.3 is 11.9 Å². The Morgan fingerprint density at radius 2 is 1.83 bits per heavy atom. The zero-order valence-corrected chi connectivity index (χ0v) is 12.3. The van der Waals surface area contributed by atoms with Gasteiger partial charge in [-0.25, -0.2) is 4.79 Å². The maximum absolute atomic E-state index is 11.5. The molecule has 8 N–H and O–H groups in total. The number of nitrogens with one attached hydrogen (secondary N) is 1. The van der Waals surface area contributed by atoms with Crippen molar-refractivity contribution in [3.63, 3.8) is 0 Å². The van der Waals surface area contributed by atoms with Crippen LogP contribution >= 0.6 is 0 Å². The van der Waals surface area contributed by atoms with E-state index in [1.807, 2.05) is 5.32 Å². The Kier molecular flexibility index (Phi) is 6.59. The van der Waals surface area contributed by atoms with E-state index >= 15 is 0 Å². The lowest BCUT2D eigenvalue weighted by Gasteiger charge is -2.44. The monoisotopic (exact) mass is 353 g/mol. The molecule has 0 aromatic carbocycles. The lowest BCUT2D eigenvalue weighted by molar-refractivity contribution is -0.295. The van der Waals surface area contributed by atoms with Crippen LogP contribution < -0.4 is 5.32 Å². The molecule has 138 valence electrons. The molecule has 12 heteroatoms. The predicted octanol–water partition coefficient (Wildman–Crippen LogP) is -4.42. The summed E-state index contributed by atoms with van der Waals surface area (Å²) in [5, 5.41) is 67.6. The second-order valence-electron chi connectivity index (χ2n) is 5.35. The number of rotatable bonds is 7. The van der Waals surface area contributed by atoms with Crippen molar-refractivity contribution in [3.8, 4) is 0 Å². The summed E-state index contributed by atoms with van der Waals surface area (Å²) in [5.41, 5.74) is 0. The van der Waals surface area contributed by atoms with Crippen LogP contribution in [-0.4, -0.2) is 96.4 Å². The van der Waals surface area contributed by atoms with Crippen molar-refractivity contribution < 1.29 is 54.9 Å². The second kappa shape index (κ2) is 7.83. The lowest BCUT2D eigenvalue weighted by Crippen LogP contribution is -2.67. The highest BCUT2D eigenvalue weighted by Crippen LogP contribution is 2.30. The normalized spacial score (nSPS) is 32.6. The first-order valence-corrected chi connectivity index (χ1v) is 6.81. The Hall–Kier alpha value is -1.83. The minimum atomic E-state index is -2.91. The third-order valence-electron chi connectivity index (χ3n) is 3.48. The van der Waals surface area contributed by atoms with Crippen LogP contribution in [0.25, 0.3) is 0 Å². The third-order valence-corrected chi connectivity index (χ3v) is 3.48. The minimum Gasteiger partial charge on any atom is -0.481 e. The van der Waals surface area contributed by atoms with Gasteiger partial charge in [0.25, 0.3) is 5.79 Å². The van der Waals surface area contributed by atoms with Gasteiger partial charge < -0.3 is 45.8 Å². The highest BCUT2D eigenvalue weighted by Gasteiger charge is 2.54. The maximum Gasteiger partial charge on any atom is 0.364 e. The van der Waals surface area contributed by atoms with Crippen LogP contribution in [-0.2, 0) is 19.1 Å². The summed E-state index contributed by atoms with van der Waals surface area (Å²) in [6.45, 7) is -0.960. The molecular weight excluding hydrogens is 334 g/mol. The van der Waals surface area contributed by atoms with Gasteiger partial charge in [-0.3, -0.25) is 9.59 Å². The van der Waals surface area contributed by atoms with Crippen molar-refractivity contribution in [2.24, 2.45) is 0 Å². The maximum atomic E-state index is 11.5. The molecule has 12 nitrogen and oxygen atoms in total. The van der Waals surface area contributed by atoms with Crippen LogP contribution in [0, 0.1) is 0 Å². The van der Waals surface area contributed by atoms with Crippen molar-refractivity contribution in [1.82, 2.24) is 5.32 Å². The fourth-order valence-electron chi connectivity index (χ4n) is 2.28. The molecule has 0 bridgehead atoms. The topological polar surface area (TPSA) is 214 Å². The first-order chi connectivity index (χ1) is 11.0. The summed E-state index contributed by atoms with van der Waals surface area (Å²) in [4.78, 5) is 33.1. The van der Waals surface area contributed by atoms with E-state index in [0.29, 0.717) is 0 Å². The van der Waals surface area contributed by atoms with Gasteiger partial charge in [-0.2, -0.15) is 0 Å². The molecular formula is C12H19NO11. The number of hydrogen-bond donors (Lipinski definition) is 8. The van der Waals surface area contributed by atoms with E-state index < -0.39 is 73.5 Å². The average molecular weight is 353 g/mol. The zero-order chi connectivity index (χ0) is 18.7. The largest absolute Gasteiger partial charge is 0.481 e. The number of carbonyl (C=O) groups excluding carboxylic acids is 1. The van der Waals surface area contributed by atoms with Gasteiger partial charge in [0, 0.05) is 6.42 Å². The molecule has 1 saturated heterocycles. The van der Waals surface area contributed by atoms with E-state index in [0.717, 1.165) is 0 Å². The van der Waals surface area contributed by atoms with E-state index in [4.69, 9.17) is 20.1 Å². The number of carboxylic acid groups (broad SMARTS) is 2. The number of carboxylic acids is 2. The van der Waals surface area contributed by atoms with Crippen LogP contribution in [0.2, 0.25) is 0 Å². The molecule has 6 atom stereocenters. The Bertz CT molecular complexity index is 497. The number of hydrogen-bond acceptors (Lipinski definition) is 9.